The monoisotopic (exact) mass is 783 g/mol. The third-order valence-corrected chi connectivity index (χ3v) is 11.9. The summed E-state index contributed by atoms with van der Waals surface area (Å²) in [5.41, 5.74) is 8.62. The smallest absolute Gasteiger partial charge is 0.259 e. The maximum atomic E-state index is 9.40. The summed E-state index contributed by atoms with van der Waals surface area (Å²) in [6.07, 6.45) is 0.342. The Morgan fingerprint density at radius 1 is 0.857 bits per heavy atom. The summed E-state index contributed by atoms with van der Waals surface area (Å²) < 4.78 is 49.1. The second kappa shape index (κ2) is 18.5. The lowest BCUT2D eigenvalue weighted by atomic mass is 9.80. The van der Waals surface area contributed by atoms with Crippen LogP contribution in [0.25, 0.3) is 11.2 Å². The molecule has 2 aromatic heterocycles. The van der Waals surface area contributed by atoms with E-state index in [1.807, 2.05) is 78.9 Å². The average molecular weight is 784 g/mol. The van der Waals surface area contributed by atoms with Crippen molar-refractivity contribution in [3.05, 3.63) is 108 Å². The molecule has 56 heavy (non-hydrogen) atoms. The zero-order valence-electron chi connectivity index (χ0n) is 32.8. The Balaban J connectivity index is 1.48. The number of ether oxygens (including phenoxy) is 5. The van der Waals surface area contributed by atoms with Gasteiger partial charge in [-0.15, -0.1) is 0 Å². The van der Waals surface area contributed by atoms with Gasteiger partial charge in [0.1, 0.15) is 47.3 Å². The van der Waals surface area contributed by atoms with Gasteiger partial charge in [-0.25, -0.2) is 19.6 Å². The van der Waals surface area contributed by atoms with Gasteiger partial charge >= 0.3 is 0 Å². The SMILES string of the molecule is COc1ccc(C(OC[C@H]2O[C@@H](n3cnc4c(N)ncnc43)[C@H](OC)[C@@H]2OP(OCCC#N)N(C(C)C)C(C)C)(c2ccccc2)c2ccc(OC)cc2)cc1. The van der Waals surface area contributed by atoms with Crippen molar-refractivity contribution in [2.24, 2.45) is 0 Å². The Morgan fingerprint density at radius 3 is 2.02 bits per heavy atom. The molecule has 0 aliphatic carbocycles. The summed E-state index contributed by atoms with van der Waals surface area (Å²) in [5, 5.41) is 9.40. The maximum absolute atomic E-state index is 9.40. The number of nitrogen functional groups attached to an aromatic ring is 1. The van der Waals surface area contributed by atoms with Crippen molar-refractivity contribution in [1.29, 1.82) is 5.26 Å². The first-order valence-corrected chi connectivity index (χ1v) is 19.6. The summed E-state index contributed by atoms with van der Waals surface area (Å²) >= 11 is 0. The van der Waals surface area contributed by atoms with Crippen LogP contribution in [0.1, 0.15) is 57.0 Å². The molecule has 1 unspecified atom stereocenters. The van der Waals surface area contributed by atoms with Crippen molar-refractivity contribution >= 4 is 25.5 Å². The average Bonchev–Trinajstić information content (AvgIpc) is 3.80. The molecule has 15 heteroatoms. The highest BCUT2D eigenvalue weighted by molar-refractivity contribution is 7.44. The van der Waals surface area contributed by atoms with Gasteiger partial charge in [0, 0.05) is 19.2 Å². The number of aromatic nitrogens is 4. The van der Waals surface area contributed by atoms with Crippen molar-refractivity contribution in [2.45, 2.75) is 76.3 Å². The highest BCUT2D eigenvalue weighted by Gasteiger charge is 2.51. The number of rotatable bonds is 18. The molecule has 0 saturated carbocycles. The molecule has 5 atom stereocenters. The van der Waals surface area contributed by atoms with Crippen LogP contribution < -0.4 is 15.2 Å². The standard InChI is InChI=1S/C41H50N7O7P/c1-27(2)48(28(3)4)56(53-23-11-22-42)55-36-34(54-40(37(36)51-7)47-26-46-35-38(43)44-25-45-39(35)47)24-52-41(29-12-9-8-10-13-29,30-14-18-32(49-5)19-15-30)31-16-20-33(50-6)21-17-31/h8-10,12-21,25-28,34,36-37,40H,11,23-24H2,1-7H3,(H2,43,44,45)/t34-,36-,37-,40-,56?/m1/s1. The fraction of sp³-hybridized carbons (Fsp3) is 0.415. The minimum absolute atomic E-state index is 0.0441. The van der Waals surface area contributed by atoms with Crippen LogP contribution in [-0.4, -0.2) is 89.1 Å². The second-order valence-electron chi connectivity index (χ2n) is 13.8. The topological polar surface area (TPSA) is 161 Å². The van der Waals surface area contributed by atoms with E-state index in [4.69, 9.17) is 38.5 Å². The van der Waals surface area contributed by atoms with E-state index in [-0.39, 0.29) is 37.5 Å². The molecule has 3 heterocycles. The molecule has 1 aliphatic heterocycles. The number of nitrogens with two attached hydrogens (primary N) is 1. The van der Waals surface area contributed by atoms with Crippen molar-refractivity contribution in [3.63, 3.8) is 0 Å². The molecule has 5 aromatic rings. The molecule has 6 rings (SSSR count). The molecular weight excluding hydrogens is 733 g/mol. The molecule has 1 aliphatic rings. The van der Waals surface area contributed by atoms with Gasteiger partial charge < -0.3 is 38.5 Å². The van der Waals surface area contributed by atoms with E-state index in [9.17, 15) is 5.26 Å². The lowest BCUT2D eigenvalue weighted by molar-refractivity contribution is -0.0938. The third-order valence-electron chi connectivity index (χ3n) is 9.73. The number of benzene rings is 3. The van der Waals surface area contributed by atoms with Crippen LogP contribution in [0.15, 0.2) is 91.5 Å². The van der Waals surface area contributed by atoms with Gasteiger partial charge in [0.25, 0.3) is 8.53 Å². The number of nitrogens with zero attached hydrogens (tertiary/aromatic N) is 6. The van der Waals surface area contributed by atoms with Crippen LogP contribution in [0.4, 0.5) is 5.82 Å². The van der Waals surface area contributed by atoms with Crippen LogP contribution in [0.2, 0.25) is 0 Å². The van der Waals surface area contributed by atoms with Gasteiger partial charge in [0.2, 0.25) is 0 Å². The van der Waals surface area contributed by atoms with Crippen molar-refractivity contribution < 1.29 is 32.7 Å². The molecule has 14 nitrogen and oxygen atoms in total. The van der Waals surface area contributed by atoms with Gasteiger partial charge in [0.15, 0.2) is 17.7 Å². The summed E-state index contributed by atoms with van der Waals surface area (Å²) in [6, 6.07) is 28.1. The summed E-state index contributed by atoms with van der Waals surface area (Å²) in [6.45, 7) is 8.61. The van der Waals surface area contributed by atoms with Crippen molar-refractivity contribution in [1.82, 2.24) is 24.2 Å². The minimum atomic E-state index is -1.71. The fourth-order valence-electron chi connectivity index (χ4n) is 7.18. The lowest BCUT2D eigenvalue weighted by Crippen LogP contribution is -2.42. The number of methoxy groups -OCH3 is 3. The Kier molecular flexibility index (Phi) is 13.5. The molecule has 1 fully saturated rings. The number of hydrogen-bond donors (Lipinski definition) is 1. The molecule has 0 amide bonds. The first-order valence-electron chi connectivity index (χ1n) is 18.5. The quantitative estimate of drug-likeness (QED) is 0.0550. The maximum Gasteiger partial charge on any atom is 0.259 e. The Hall–Kier alpha value is -4.71. The first kappa shape index (κ1) is 40.9. The van der Waals surface area contributed by atoms with Crippen LogP contribution >= 0.6 is 8.53 Å². The summed E-state index contributed by atoms with van der Waals surface area (Å²) in [5.74, 6) is 1.68. The summed E-state index contributed by atoms with van der Waals surface area (Å²) in [7, 11) is 3.19. The van der Waals surface area contributed by atoms with Crippen molar-refractivity contribution in [2.75, 3.05) is 40.3 Å². The molecule has 0 spiro atoms. The molecule has 1 saturated heterocycles. The van der Waals surface area contributed by atoms with Crippen molar-refractivity contribution in [3.8, 4) is 17.6 Å². The number of hydrogen-bond acceptors (Lipinski definition) is 13. The molecular formula is C41H50N7O7P. The van der Waals surface area contributed by atoms with Gasteiger partial charge in [-0.3, -0.25) is 4.57 Å². The second-order valence-corrected chi connectivity index (χ2v) is 15.2. The van der Waals surface area contributed by atoms with Gasteiger partial charge in [-0.2, -0.15) is 5.26 Å². The van der Waals surface area contributed by atoms with E-state index in [1.165, 1.54) is 6.33 Å². The zero-order valence-corrected chi connectivity index (χ0v) is 33.7. The van der Waals surface area contributed by atoms with Gasteiger partial charge in [-0.05, 0) is 68.7 Å². The highest BCUT2D eigenvalue weighted by Crippen LogP contribution is 2.51. The number of nitriles is 1. The Morgan fingerprint density at radius 2 is 1.46 bits per heavy atom. The van der Waals surface area contributed by atoms with E-state index < -0.39 is 38.7 Å². The van der Waals surface area contributed by atoms with E-state index in [0.29, 0.717) is 22.7 Å². The molecule has 3 aromatic carbocycles. The van der Waals surface area contributed by atoms with Crippen LogP contribution in [0.5, 0.6) is 11.5 Å². The van der Waals surface area contributed by atoms with E-state index in [2.05, 4.69) is 53.4 Å². The van der Waals surface area contributed by atoms with Gasteiger partial charge in [0.05, 0.1) is 46.3 Å². The Bertz CT molecular complexity index is 1990. The third kappa shape index (κ3) is 8.36. The highest BCUT2D eigenvalue weighted by atomic mass is 31.2. The number of imidazole rings is 1. The zero-order chi connectivity index (χ0) is 39.8. The minimum Gasteiger partial charge on any atom is -0.497 e. The molecule has 2 N–H and O–H groups in total. The van der Waals surface area contributed by atoms with Crippen LogP contribution in [-0.2, 0) is 28.9 Å². The number of fused-ring (bicyclic) bond motifs is 1. The molecule has 0 bridgehead atoms. The van der Waals surface area contributed by atoms with E-state index in [0.717, 1.165) is 16.7 Å². The van der Waals surface area contributed by atoms with Crippen LogP contribution in [0, 0.1) is 11.3 Å². The fourth-order valence-corrected chi connectivity index (χ4v) is 8.95. The van der Waals surface area contributed by atoms with Gasteiger partial charge in [-0.1, -0.05) is 54.6 Å². The van der Waals surface area contributed by atoms with E-state index >= 15 is 0 Å². The van der Waals surface area contributed by atoms with E-state index in [1.54, 1.807) is 32.2 Å². The predicted octanol–water partition coefficient (Wildman–Crippen LogP) is 7.01. The normalized spacial score (nSPS) is 19.2. The summed E-state index contributed by atoms with van der Waals surface area (Å²) in [4.78, 5) is 13.2. The first-order chi connectivity index (χ1) is 27.2. The predicted molar refractivity (Wildman–Crippen MR) is 213 cm³/mol. The largest absolute Gasteiger partial charge is 0.497 e. The Labute approximate surface area is 329 Å². The molecule has 296 valence electrons. The lowest BCUT2D eigenvalue weighted by Gasteiger charge is -2.39. The van der Waals surface area contributed by atoms with Crippen LogP contribution in [0.3, 0.4) is 0 Å². The number of anilines is 1. The molecule has 0 radical (unpaired) electrons.